The Morgan fingerprint density at radius 3 is 2.95 bits per heavy atom. The van der Waals surface area contributed by atoms with Crippen LogP contribution in [0.4, 0.5) is 5.00 Å². The van der Waals surface area contributed by atoms with Crippen LogP contribution >= 0.6 is 11.3 Å². The van der Waals surface area contributed by atoms with Gasteiger partial charge < -0.3 is 14.5 Å². The molecule has 0 fully saturated rings. The summed E-state index contributed by atoms with van der Waals surface area (Å²) in [5.41, 5.74) is 0.374. The number of nitrogens with one attached hydrogen (secondary N) is 1. The van der Waals surface area contributed by atoms with E-state index in [-0.39, 0.29) is 5.91 Å². The summed E-state index contributed by atoms with van der Waals surface area (Å²) in [6.07, 6.45) is 4.43. The molecule has 110 valence electrons. The molecule has 0 unspecified atom stereocenters. The second-order valence-electron chi connectivity index (χ2n) is 4.16. The van der Waals surface area contributed by atoms with Crippen molar-refractivity contribution >= 4 is 34.3 Å². The lowest BCUT2D eigenvalue weighted by atomic mass is 10.3. The van der Waals surface area contributed by atoms with Crippen LogP contribution in [0.1, 0.15) is 27.9 Å². The molecule has 0 bridgehead atoms. The zero-order valence-corrected chi connectivity index (χ0v) is 12.5. The van der Waals surface area contributed by atoms with Gasteiger partial charge in [0, 0.05) is 11.0 Å². The molecular formula is C15H15NO4S. The molecule has 0 atom stereocenters. The van der Waals surface area contributed by atoms with Crippen LogP contribution in [0.25, 0.3) is 6.08 Å². The van der Waals surface area contributed by atoms with Crippen molar-refractivity contribution in [2.75, 3.05) is 11.9 Å². The lowest BCUT2D eigenvalue weighted by Crippen LogP contribution is -2.11. The number of ether oxygens (including phenoxy) is 1. The minimum Gasteiger partial charge on any atom is -0.465 e. The van der Waals surface area contributed by atoms with E-state index in [1.807, 2.05) is 6.92 Å². The fourth-order valence-corrected chi connectivity index (χ4v) is 2.57. The number of rotatable bonds is 5. The molecule has 0 aromatic carbocycles. The summed E-state index contributed by atoms with van der Waals surface area (Å²) in [6.45, 7) is 3.89. The maximum atomic E-state index is 11.9. The van der Waals surface area contributed by atoms with E-state index in [0.717, 1.165) is 4.88 Å². The average molecular weight is 305 g/mol. The van der Waals surface area contributed by atoms with Crippen molar-refractivity contribution in [3.05, 3.63) is 46.7 Å². The van der Waals surface area contributed by atoms with Crippen molar-refractivity contribution in [1.29, 1.82) is 0 Å². The van der Waals surface area contributed by atoms with Gasteiger partial charge >= 0.3 is 5.97 Å². The van der Waals surface area contributed by atoms with Crippen molar-refractivity contribution in [3.8, 4) is 0 Å². The monoisotopic (exact) mass is 305 g/mol. The van der Waals surface area contributed by atoms with Crippen molar-refractivity contribution in [1.82, 2.24) is 0 Å². The number of thiophene rings is 1. The Morgan fingerprint density at radius 1 is 1.48 bits per heavy atom. The fourth-order valence-electron chi connectivity index (χ4n) is 1.67. The molecule has 2 rings (SSSR count). The molecule has 2 aromatic rings. The third-order valence-corrected chi connectivity index (χ3v) is 3.50. The highest BCUT2D eigenvalue weighted by atomic mass is 32.1. The van der Waals surface area contributed by atoms with Gasteiger partial charge in [0.1, 0.15) is 10.8 Å². The van der Waals surface area contributed by atoms with Gasteiger partial charge in [0.15, 0.2) is 0 Å². The van der Waals surface area contributed by atoms with E-state index in [0.29, 0.717) is 22.9 Å². The smallest absolute Gasteiger partial charge is 0.341 e. The second kappa shape index (κ2) is 6.90. The predicted octanol–water partition coefficient (Wildman–Crippen LogP) is 3.48. The molecule has 5 nitrogen and oxygen atoms in total. The van der Waals surface area contributed by atoms with Crippen LogP contribution in [0.5, 0.6) is 0 Å². The van der Waals surface area contributed by atoms with Crippen LogP contribution in [0.15, 0.2) is 35.0 Å². The van der Waals surface area contributed by atoms with Crippen LogP contribution in [0.3, 0.4) is 0 Å². The number of aryl methyl sites for hydroxylation is 1. The van der Waals surface area contributed by atoms with Gasteiger partial charge in [-0.05, 0) is 38.1 Å². The van der Waals surface area contributed by atoms with E-state index < -0.39 is 5.97 Å². The number of amides is 1. The Kier molecular flexibility index (Phi) is 4.94. The lowest BCUT2D eigenvalue weighted by molar-refractivity contribution is -0.111. The largest absolute Gasteiger partial charge is 0.465 e. The third kappa shape index (κ3) is 4.06. The molecule has 0 aliphatic heterocycles. The Labute approximate surface area is 126 Å². The second-order valence-corrected chi connectivity index (χ2v) is 5.41. The van der Waals surface area contributed by atoms with Gasteiger partial charge in [-0.25, -0.2) is 4.79 Å². The lowest BCUT2D eigenvalue weighted by Gasteiger charge is -2.03. The highest BCUT2D eigenvalue weighted by Gasteiger charge is 2.17. The van der Waals surface area contributed by atoms with Crippen molar-refractivity contribution < 1.29 is 18.7 Å². The quantitative estimate of drug-likeness (QED) is 0.678. The molecule has 0 saturated carbocycles. The molecule has 1 amide bonds. The molecule has 2 heterocycles. The zero-order chi connectivity index (χ0) is 15.2. The van der Waals surface area contributed by atoms with Crippen LogP contribution < -0.4 is 5.32 Å². The molecule has 2 aromatic heterocycles. The zero-order valence-electron chi connectivity index (χ0n) is 11.7. The maximum absolute atomic E-state index is 11.9. The summed E-state index contributed by atoms with van der Waals surface area (Å²) < 4.78 is 10.1. The summed E-state index contributed by atoms with van der Waals surface area (Å²) in [4.78, 5) is 24.6. The first-order valence-electron chi connectivity index (χ1n) is 6.40. The van der Waals surface area contributed by atoms with Gasteiger partial charge in [0.2, 0.25) is 5.91 Å². The van der Waals surface area contributed by atoms with E-state index in [1.165, 1.54) is 23.7 Å². The van der Waals surface area contributed by atoms with Crippen molar-refractivity contribution in [2.24, 2.45) is 0 Å². The minimum atomic E-state index is -0.438. The highest BCUT2D eigenvalue weighted by Crippen LogP contribution is 2.28. The summed E-state index contributed by atoms with van der Waals surface area (Å²) in [5.74, 6) is -0.191. The molecule has 21 heavy (non-hydrogen) atoms. The number of furan rings is 1. The first-order chi connectivity index (χ1) is 10.1. The third-order valence-electron chi connectivity index (χ3n) is 2.53. The van der Waals surface area contributed by atoms with E-state index in [4.69, 9.17) is 9.15 Å². The van der Waals surface area contributed by atoms with Crippen molar-refractivity contribution in [3.63, 3.8) is 0 Å². The van der Waals surface area contributed by atoms with Crippen LogP contribution in [-0.4, -0.2) is 18.5 Å². The van der Waals surface area contributed by atoms with Crippen LogP contribution in [-0.2, 0) is 9.53 Å². The number of carbonyl (C=O) groups is 2. The van der Waals surface area contributed by atoms with Gasteiger partial charge in [-0.1, -0.05) is 0 Å². The van der Waals surface area contributed by atoms with Gasteiger partial charge in [0.05, 0.1) is 18.4 Å². The molecule has 6 heteroatoms. The number of hydrogen-bond donors (Lipinski definition) is 1. The molecule has 0 radical (unpaired) electrons. The Bertz CT molecular complexity index is 655. The average Bonchev–Trinajstić information content (AvgIpc) is 3.06. The fraction of sp³-hybridized carbons (Fsp3) is 0.200. The first kappa shape index (κ1) is 15.1. The Morgan fingerprint density at radius 2 is 2.29 bits per heavy atom. The normalized spacial score (nSPS) is 10.8. The standard InChI is InChI=1S/C15H15NO4S/c1-3-19-15(18)12-9-10(2)21-14(12)16-13(17)7-6-11-5-4-8-20-11/h4-9H,3H2,1-2H3,(H,16,17)/b7-6+. The van der Waals surface area contributed by atoms with Gasteiger partial charge in [-0.3, -0.25) is 4.79 Å². The van der Waals surface area contributed by atoms with E-state index >= 15 is 0 Å². The predicted molar refractivity (Wildman–Crippen MR) is 81.4 cm³/mol. The van der Waals surface area contributed by atoms with E-state index in [1.54, 1.807) is 31.2 Å². The van der Waals surface area contributed by atoms with Gasteiger partial charge in [0.25, 0.3) is 0 Å². The number of hydrogen-bond acceptors (Lipinski definition) is 5. The number of anilines is 1. The maximum Gasteiger partial charge on any atom is 0.341 e. The number of esters is 1. The van der Waals surface area contributed by atoms with Crippen molar-refractivity contribution in [2.45, 2.75) is 13.8 Å². The molecular weight excluding hydrogens is 290 g/mol. The summed E-state index contributed by atoms with van der Waals surface area (Å²) in [6, 6.07) is 5.18. The highest BCUT2D eigenvalue weighted by molar-refractivity contribution is 7.16. The summed E-state index contributed by atoms with van der Waals surface area (Å²) in [5, 5.41) is 3.17. The topological polar surface area (TPSA) is 68.5 Å². The van der Waals surface area contributed by atoms with Crippen LogP contribution in [0, 0.1) is 6.92 Å². The van der Waals surface area contributed by atoms with Gasteiger partial charge in [-0.15, -0.1) is 11.3 Å². The number of carbonyl (C=O) groups excluding carboxylic acids is 2. The molecule has 0 saturated heterocycles. The molecule has 0 aliphatic rings. The molecule has 0 spiro atoms. The summed E-state index contributed by atoms with van der Waals surface area (Å²) >= 11 is 1.33. The van der Waals surface area contributed by atoms with Gasteiger partial charge in [-0.2, -0.15) is 0 Å². The Hall–Kier alpha value is -2.34. The van der Waals surface area contributed by atoms with E-state index in [9.17, 15) is 9.59 Å². The molecule has 0 aliphatic carbocycles. The first-order valence-corrected chi connectivity index (χ1v) is 7.22. The SMILES string of the molecule is CCOC(=O)c1cc(C)sc1NC(=O)/C=C/c1ccco1. The molecule has 1 N–H and O–H groups in total. The van der Waals surface area contributed by atoms with E-state index in [2.05, 4.69) is 5.32 Å². The minimum absolute atomic E-state index is 0.291. The summed E-state index contributed by atoms with van der Waals surface area (Å²) in [7, 11) is 0. The Balaban J connectivity index is 2.08. The van der Waals surface area contributed by atoms with Crippen LogP contribution in [0.2, 0.25) is 0 Å².